The first-order valence-electron chi connectivity index (χ1n) is 7.52. The molecule has 0 amide bonds. The Morgan fingerprint density at radius 2 is 2.25 bits per heavy atom. The van der Waals surface area contributed by atoms with Crippen LogP contribution >= 0.6 is 11.3 Å². The van der Waals surface area contributed by atoms with Crippen molar-refractivity contribution in [1.29, 1.82) is 0 Å². The van der Waals surface area contributed by atoms with Crippen molar-refractivity contribution in [1.82, 2.24) is 25.0 Å². The molecular formula is C17H12FN5S. The first kappa shape index (κ1) is 13.6. The number of aromatic nitrogens is 5. The van der Waals surface area contributed by atoms with Crippen LogP contribution in [0.25, 0.3) is 22.5 Å². The summed E-state index contributed by atoms with van der Waals surface area (Å²) in [4.78, 5) is 3.95. The summed E-state index contributed by atoms with van der Waals surface area (Å²) in [7, 11) is 0. The molecule has 0 spiro atoms. The van der Waals surface area contributed by atoms with E-state index in [9.17, 15) is 0 Å². The summed E-state index contributed by atoms with van der Waals surface area (Å²) in [6.45, 7) is 0.602. The van der Waals surface area contributed by atoms with Gasteiger partial charge in [-0.15, -0.1) is 0 Å². The Hall–Kier alpha value is -2.80. The van der Waals surface area contributed by atoms with Gasteiger partial charge in [0.15, 0.2) is 6.17 Å². The van der Waals surface area contributed by atoms with Crippen LogP contribution < -0.4 is 0 Å². The minimum absolute atomic E-state index is 0.602. The molecule has 1 aliphatic carbocycles. The van der Waals surface area contributed by atoms with Crippen LogP contribution in [0, 0.1) is 0 Å². The topological polar surface area (TPSA) is 59.4 Å². The second-order valence-electron chi connectivity index (χ2n) is 5.75. The van der Waals surface area contributed by atoms with E-state index in [0.29, 0.717) is 23.4 Å². The summed E-state index contributed by atoms with van der Waals surface area (Å²) < 4.78 is 16.8. The molecule has 3 aromatic heterocycles. The molecule has 24 heavy (non-hydrogen) atoms. The Bertz CT molecular complexity index is 1000. The smallest absolute Gasteiger partial charge is 0.155 e. The average molecular weight is 337 g/mol. The van der Waals surface area contributed by atoms with E-state index in [-0.39, 0.29) is 0 Å². The molecule has 3 heterocycles. The van der Waals surface area contributed by atoms with Crippen molar-refractivity contribution in [2.24, 2.45) is 0 Å². The molecule has 7 heteroatoms. The third-order valence-electron chi connectivity index (χ3n) is 4.32. The molecule has 0 fully saturated rings. The summed E-state index contributed by atoms with van der Waals surface area (Å²) in [5.41, 5.74) is 5.69. The standard InChI is InChI=1S/C17H12FN5S/c18-15-12-2-1-10(6-23-9-19-8-20-23)5-13(12)17-14(15)16(21-22-17)11-3-4-24-7-11/h1-5,7-9,15H,6H2,(H,21,22). The summed E-state index contributed by atoms with van der Waals surface area (Å²) in [5.74, 6) is 0. The number of aromatic amines is 1. The van der Waals surface area contributed by atoms with Gasteiger partial charge in [-0.25, -0.2) is 14.1 Å². The van der Waals surface area contributed by atoms with Crippen LogP contribution in [0.4, 0.5) is 4.39 Å². The predicted octanol–water partition coefficient (Wildman–Crippen LogP) is 3.82. The van der Waals surface area contributed by atoms with Crippen LogP contribution in [0.15, 0.2) is 47.7 Å². The fourth-order valence-corrected chi connectivity index (χ4v) is 3.86. The van der Waals surface area contributed by atoms with Crippen molar-refractivity contribution < 1.29 is 4.39 Å². The Kier molecular flexibility index (Phi) is 2.90. The van der Waals surface area contributed by atoms with Gasteiger partial charge in [0, 0.05) is 27.6 Å². The molecule has 0 saturated carbocycles. The number of halogens is 1. The van der Waals surface area contributed by atoms with Crippen molar-refractivity contribution in [3.05, 3.63) is 64.4 Å². The molecule has 1 N–H and O–H groups in total. The van der Waals surface area contributed by atoms with Gasteiger partial charge in [-0.05, 0) is 23.1 Å². The number of rotatable bonds is 3. The maximum atomic E-state index is 15.0. The lowest BCUT2D eigenvalue weighted by Gasteiger charge is -2.07. The van der Waals surface area contributed by atoms with Crippen LogP contribution in [-0.4, -0.2) is 25.0 Å². The number of hydrogen-bond acceptors (Lipinski definition) is 4. The lowest BCUT2D eigenvalue weighted by molar-refractivity contribution is 0.410. The lowest BCUT2D eigenvalue weighted by Crippen LogP contribution is -2.00. The number of fused-ring (bicyclic) bond motifs is 3. The minimum atomic E-state index is -1.15. The maximum absolute atomic E-state index is 15.0. The summed E-state index contributed by atoms with van der Waals surface area (Å²) in [6.07, 6.45) is 2.02. The highest BCUT2D eigenvalue weighted by Crippen LogP contribution is 2.48. The summed E-state index contributed by atoms with van der Waals surface area (Å²) >= 11 is 1.58. The van der Waals surface area contributed by atoms with Crippen LogP contribution in [0.2, 0.25) is 0 Å². The molecule has 5 rings (SSSR count). The highest BCUT2D eigenvalue weighted by Gasteiger charge is 2.34. The van der Waals surface area contributed by atoms with Crippen molar-refractivity contribution >= 4 is 11.3 Å². The molecule has 1 atom stereocenters. The molecule has 0 bridgehead atoms. The van der Waals surface area contributed by atoms with Crippen molar-refractivity contribution in [2.45, 2.75) is 12.7 Å². The molecule has 0 radical (unpaired) electrons. The van der Waals surface area contributed by atoms with Gasteiger partial charge in [0.1, 0.15) is 12.7 Å². The number of nitrogens with zero attached hydrogens (tertiary/aromatic N) is 4. The summed E-state index contributed by atoms with van der Waals surface area (Å²) in [5, 5.41) is 15.5. The van der Waals surface area contributed by atoms with E-state index < -0.39 is 6.17 Å². The predicted molar refractivity (Wildman–Crippen MR) is 89.4 cm³/mol. The molecule has 1 unspecified atom stereocenters. The van der Waals surface area contributed by atoms with E-state index in [4.69, 9.17) is 0 Å². The quantitative estimate of drug-likeness (QED) is 0.618. The second-order valence-corrected chi connectivity index (χ2v) is 6.53. The Morgan fingerprint density at radius 1 is 1.29 bits per heavy atom. The highest BCUT2D eigenvalue weighted by molar-refractivity contribution is 7.08. The van der Waals surface area contributed by atoms with E-state index in [1.807, 2.05) is 35.0 Å². The monoisotopic (exact) mass is 337 g/mol. The average Bonchev–Trinajstić information content (AvgIpc) is 3.35. The molecule has 1 aromatic carbocycles. The Morgan fingerprint density at radius 3 is 3.04 bits per heavy atom. The van der Waals surface area contributed by atoms with Gasteiger partial charge < -0.3 is 0 Å². The highest BCUT2D eigenvalue weighted by atomic mass is 32.1. The zero-order valence-electron chi connectivity index (χ0n) is 12.5. The first-order chi connectivity index (χ1) is 11.8. The molecule has 5 nitrogen and oxygen atoms in total. The van der Waals surface area contributed by atoms with E-state index in [2.05, 4.69) is 20.3 Å². The van der Waals surface area contributed by atoms with Gasteiger partial charge in [-0.1, -0.05) is 12.1 Å². The fourth-order valence-electron chi connectivity index (χ4n) is 3.22. The molecule has 4 aromatic rings. The van der Waals surface area contributed by atoms with Crippen molar-refractivity contribution in [2.75, 3.05) is 0 Å². The van der Waals surface area contributed by atoms with Gasteiger partial charge in [0.05, 0.1) is 17.9 Å². The number of nitrogens with one attached hydrogen (secondary N) is 1. The van der Waals surface area contributed by atoms with E-state index in [1.165, 1.54) is 6.33 Å². The van der Waals surface area contributed by atoms with E-state index >= 15 is 4.39 Å². The molecule has 0 aliphatic heterocycles. The normalized spacial score (nSPS) is 15.5. The number of thiophene rings is 1. The SMILES string of the molecule is FC1c2ccc(Cn3cncn3)cc2-c2[nH]nc(-c3ccsc3)c21. The lowest BCUT2D eigenvalue weighted by atomic mass is 10.0. The second kappa shape index (κ2) is 5.10. The van der Waals surface area contributed by atoms with Crippen LogP contribution in [-0.2, 0) is 6.54 Å². The number of H-pyrrole nitrogens is 1. The van der Waals surface area contributed by atoms with Gasteiger partial charge in [0.25, 0.3) is 0 Å². The largest absolute Gasteiger partial charge is 0.277 e. The zero-order valence-corrected chi connectivity index (χ0v) is 13.3. The first-order valence-corrected chi connectivity index (χ1v) is 8.46. The molecule has 118 valence electrons. The molecule has 0 saturated heterocycles. The van der Waals surface area contributed by atoms with Gasteiger partial charge >= 0.3 is 0 Å². The number of benzene rings is 1. The maximum Gasteiger partial charge on any atom is 0.155 e. The minimum Gasteiger partial charge on any atom is -0.277 e. The molecular weight excluding hydrogens is 325 g/mol. The fraction of sp³-hybridized carbons (Fsp3) is 0.118. The van der Waals surface area contributed by atoms with Crippen LogP contribution in [0.1, 0.15) is 22.9 Å². The molecule has 1 aliphatic rings. The van der Waals surface area contributed by atoms with E-state index in [0.717, 1.165) is 22.4 Å². The van der Waals surface area contributed by atoms with Gasteiger partial charge in [-0.3, -0.25) is 5.10 Å². The van der Waals surface area contributed by atoms with Crippen LogP contribution in [0.5, 0.6) is 0 Å². The van der Waals surface area contributed by atoms with Crippen molar-refractivity contribution in [3.63, 3.8) is 0 Å². The third kappa shape index (κ3) is 1.94. The van der Waals surface area contributed by atoms with Gasteiger partial charge in [-0.2, -0.15) is 21.5 Å². The zero-order chi connectivity index (χ0) is 16.1. The Balaban J connectivity index is 1.60. The van der Waals surface area contributed by atoms with E-state index in [1.54, 1.807) is 22.3 Å². The third-order valence-corrected chi connectivity index (χ3v) is 5.01. The van der Waals surface area contributed by atoms with Gasteiger partial charge in [0.2, 0.25) is 0 Å². The van der Waals surface area contributed by atoms with Crippen molar-refractivity contribution in [3.8, 4) is 22.5 Å². The summed E-state index contributed by atoms with van der Waals surface area (Å²) in [6, 6.07) is 7.77. The number of alkyl halides is 1. The van der Waals surface area contributed by atoms with Crippen LogP contribution in [0.3, 0.4) is 0 Å². The Labute approximate surface area is 140 Å². The number of hydrogen-bond donors (Lipinski definition) is 1.